The van der Waals surface area contributed by atoms with Gasteiger partial charge in [0.25, 0.3) is 0 Å². The Balaban J connectivity index is 1.39. The van der Waals surface area contributed by atoms with Gasteiger partial charge in [-0.25, -0.2) is 22.9 Å². The van der Waals surface area contributed by atoms with Crippen LogP contribution < -0.4 is 5.32 Å². The largest absolute Gasteiger partial charge is 0.442 e. The maximum atomic E-state index is 14.8. The maximum absolute atomic E-state index is 14.8. The van der Waals surface area contributed by atoms with E-state index >= 15 is 0 Å². The number of anilines is 1. The van der Waals surface area contributed by atoms with Crippen molar-refractivity contribution in [1.82, 2.24) is 19.7 Å². The van der Waals surface area contributed by atoms with Crippen LogP contribution in [0.15, 0.2) is 42.6 Å². The first-order valence-electron chi connectivity index (χ1n) is 14.4. The van der Waals surface area contributed by atoms with Crippen LogP contribution in [-0.2, 0) is 19.7 Å². The van der Waals surface area contributed by atoms with E-state index in [9.17, 15) is 32.3 Å². The maximum Gasteiger partial charge on any atom is 0.435 e. The van der Waals surface area contributed by atoms with E-state index in [1.807, 2.05) is 0 Å². The molecule has 1 aliphatic heterocycles. The van der Waals surface area contributed by atoms with Crippen molar-refractivity contribution in [3.8, 4) is 0 Å². The number of carbonyl (C=O) groups is 4. The fourth-order valence-electron chi connectivity index (χ4n) is 5.87. The van der Waals surface area contributed by atoms with Crippen molar-refractivity contribution in [3.05, 3.63) is 53.7 Å². The van der Waals surface area contributed by atoms with Gasteiger partial charge in [0.1, 0.15) is 29.1 Å². The fourth-order valence-corrected chi connectivity index (χ4v) is 5.87. The molecular formula is C31H34F3N5O5. The average Bonchev–Trinajstić information content (AvgIpc) is 3.55. The molecule has 44 heavy (non-hydrogen) atoms. The second kappa shape index (κ2) is 11.3. The Morgan fingerprint density at radius 2 is 1.66 bits per heavy atom. The van der Waals surface area contributed by atoms with E-state index in [4.69, 9.17) is 4.74 Å². The van der Waals surface area contributed by atoms with Gasteiger partial charge in [-0.05, 0) is 58.2 Å². The summed E-state index contributed by atoms with van der Waals surface area (Å²) in [6.45, 7) is 6.19. The van der Waals surface area contributed by atoms with Gasteiger partial charge in [0.05, 0.1) is 23.7 Å². The Labute approximate surface area is 251 Å². The molecule has 2 atom stereocenters. The summed E-state index contributed by atoms with van der Waals surface area (Å²) in [6, 6.07) is 7.98. The number of hydrogen-bond donors (Lipinski definition) is 1. The van der Waals surface area contributed by atoms with Gasteiger partial charge >= 0.3 is 6.09 Å². The SMILES string of the molecule is CC(=O)c1ccc(C2(C(=O)N3C[C@H](F)C[C@@H]3C(=O)Nc3ccc4c(cnn4C(=O)OC(C)(C)C)n3)CCC(F)(F)CC2)cc1. The van der Waals surface area contributed by atoms with E-state index in [0.29, 0.717) is 16.6 Å². The second-order valence-electron chi connectivity index (χ2n) is 12.5. The lowest BCUT2D eigenvalue weighted by Gasteiger charge is -2.42. The predicted molar refractivity (Wildman–Crippen MR) is 154 cm³/mol. The Hall–Kier alpha value is -4.29. The highest BCUT2D eigenvalue weighted by atomic mass is 19.3. The smallest absolute Gasteiger partial charge is 0.435 e. The van der Waals surface area contributed by atoms with E-state index in [-0.39, 0.29) is 42.9 Å². The molecule has 234 valence electrons. The summed E-state index contributed by atoms with van der Waals surface area (Å²) in [5, 5.41) is 6.65. The van der Waals surface area contributed by atoms with E-state index in [0.717, 1.165) is 9.58 Å². The van der Waals surface area contributed by atoms with Gasteiger partial charge < -0.3 is 15.0 Å². The van der Waals surface area contributed by atoms with Gasteiger partial charge in [0, 0.05) is 24.8 Å². The molecule has 2 aromatic heterocycles. The Morgan fingerprint density at radius 3 is 2.27 bits per heavy atom. The summed E-state index contributed by atoms with van der Waals surface area (Å²) in [5.41, 5.74) is -0.685. The third-order valence-corrected chi connectivity index (χ3v) is 8.15. The third-order valence-electron chi connectivity index (χ3n) is 8.15. The van der Waals surface area contributed by atoms with E-state index in [1.54, 1.807) is 45.0 Å². The molecule has 0 bridgehead atoms. The van der Waals surface area contributed by atoms with Crippen LogP contribution in [0.2, 0.25) is 0 Å². The van der Waals surface area contributed by atoms with Crippen LogP contribution in [0, 0.1) is 0 Å². The molecule has 3 aromatic rings. The quantitative estimate of drug-likeness (QED) is 0.380. The van der Waals surface area contributed by atoms with E-state index in [1.165, 1.54) is 25.3 Å². The molecule has 2 fully saturated rings. The van der Waals surface area contributed by atoms with Crippen molar-refractivity contribution >= 4 is 40.5 Å². The van der Waals surface area contributed by atoms with Crippen LogP contribution in [0.4, 0.5) is 23.8 Å². The van der Waals surface area contributed by atoms with Crippen molar-refractivity contribution in [2.24, 2.45) is 0 Å². The van der Waals surface area contributed by atoms with Crippen molar-refractivity contribution in [3.63, 3.8) is 0 Å². The van der Waals surface area contributed by atoms with Crippen LogP contribution in [-0.4, -0.2) is 73.6 Å². The summed E-state index contributed by atoms with van der Waals surface area (Å²) in [5.74, 6) is -4.34. The number of Topliss-reactive ketones (excluding diaryl/α,β-unsaturated/α-hetero) is 1. The number of alkyl halides is 3. The van der Waals surface area contributed by atoms with Gasteiger partial charge in [-0.3, -0.25) is 14.4 Å². The molecule has 0 unspecified atom stereocenters. The first-order chi connectivity index (χ1) is 20.6. The van der Waals surface area contributed by atoms with E-state index in [2.05, 4.69) is 15.4 Å². The van der Waals surface area contributed by atoms with Crippen molar-refractivity contribution in [2.45, 2.75) is 89.0 Å². The van der Waals surface area contributed by atoms with Crippen molar-refractivity contribution < 1.29 is 37.1 Å². The van der Waals surface area contributed by atoms with Crippen LogP contribution in [0.1, 0.15) is 75.7 Å². The zero-order chi connectivity index (χ0) is 32.0. The predicted octanol–water partition coefficient (Wildman–Crippen LogP) is 5.44. The minimum absolute atomic E-state index is 0.0905. The van der Waals surface area contributed by atoms with Crippen LogP contribution in [0.5, 0.6) is 0 Å². The molecule has 10 nitrogen and oxygen atoms in total. The van der Waals surface area contributed by atoms with Gasteiger partial charge in [0.2, 0.25) is 17.7 Å². The Kier molecular flexibility index (Phi) is 8.02. The lowest BCUT2D eigenvalue weighted by atomic mass is 9.67. The van der Waals surface area contributed by atoms with Gasteiger partial charge in [-0.2, -0.15) is 9.78 Å². The van der Waals surface area contributed by atoms with Gasteiger partial charge in [-0.1, -0.05) is 24.3 Å². The van der Waals surface area contributed by atoms with Crippen molar-refractivity contribution in [2.75, 3.05) is 11.9 Å². The molecular weight excluding hydrogens is 579 g/mol. The molecule has 1 aliphatic carbocycles. The zero-order valence-electron chi connectivity index (χ0n) is 24.9. The summed E-state index contributed by atoms with van der Waals surface area (Å²) in [4.78, 5) is 57.4. The number of aromatic nitrogens is 3. The molecule has 13 heteroatoms. The van der Waals surface area contributed by atoms with Gasteiger partial charge in [0.15, 0.2) is 5.78 Å². The number of hydrogen-bond acceptors (Lipinski definition) is 7. The molecule has 2 aliphatic rings. The highest BCUT2D eigenvalue weighted by Gasteiger charge is 2.53. The fraction of sp³-hybridized carbons (Fsp3) is 0.484. The Bertz CT molecular complexity index is 1600. The standard InChI is InChI=1S/C31H34F3N5O5/c1-18(40)19-5-7-20(8-6-19)30(11-13-31(33,34)14-12-30)27(42)38-17-21(32)15-24(38)26(41)37-25-10-9-23-22(36-25)16-35-39(23)28(43)44-29(2,3)4/h5-10,16,21,24H,11-15,17H2,1-4H3,(H,36,37,41)/t21-,24-/m1/s1. The normalized spacial score (nSPS) is 21.2. The highest BCUT2D eigenvalue weighted by Crippen LogP contribution is 2.47. The average molecular weight is 614 g/mol. The molecule has 1 aromatic carbocycles. The minimum Gasteiger partial charge on any atom is -0.442 e. The highest BCUT2D eigenvalue weighted by molar-refractivity contribution is 6.00. The molecule has 1 saturated carbocycles. The first-order valence-corrected chi connectivity index (χ1v) is 14.4. The zero-order valence-corrected chi connectivity index (χ0v) is 24.9. The van der Waals surface area contributed by atoms with Gasteiger partial charge in [-0.15, -0.1) is 0 Å². The van der Waals surface area contributed by atoms with Crippen LogP contribution in [0.25, 0.3) is 11.0 Å². The number of amides is 2. The Morgan fingerprint density at radius 1 is 1.00 bits per heavy atom. The number of nitrogens with zero attached hydrogens (tertiary/aromatic N) is 4. The second-order valence-corrected chi connectivity index (χ2v) is 12.5. The number of fused-ring (bicyclic) bond motifs is 1. The number of likely N-dealkylation sites (tertiary alicyclic amines) is 1. The number of nitrogens with one attached hydrogen (secondary N) is 1. The van der Waals surface area contributed by atoms with E-state index < -0.39 is 59.9 Å². The summed E-state index contributed by atoms with van der Waals surface area (Å²) in [7, 11) is 0. The molecule has 5 rings (SSSR count). The summed E-state index contributed by atoms with van der Waals surface area (Å²) in [6.07, 6.45) is -2.62. The number of halogens is 3. The molecule has 2 amide bonds. The molecule has 0 spiro atoms. The number of ketones is 1. The number of benzene rings is 1. The molecule has 3 heterocycles. The summed E-state index contributed by atoms with van der Waals surface area (Å²) < 4.78 is 49.8. The van der Waals surface area contributed by atoms with Crippen molar-refractivity contribution in [1.29, 1.82) is 0 Å². The van der Waals surface area contributed by atoms with Crippen LogP contribution >= 0.6 is 0 Å². The summed E-state index contributed by atoms with van der Waals surface area (Å²) >= 11 is 0. The lowest BCUT2D eigenvalue weighted by molar-refractivity contribution is -0.146. The topological polar surface area (TPSA) is 123 Å². The monoisotopic (exact) mass is 613 g/mol. The third kappa shape index (κ3) is 6.18. The first kappa shape index (κ1) is 31.1. The lowest BCUT2D eigenvalue weighted by Crippen LogP contribution is -2.54. The minimum atomic E-state index is -2.95. The number of ether oxygens (including phenoxy) is 1. The number of rotatable bonds is 5. The number of pyridine rings is 1. The van der Waals surface area contributed by atoms with Crippen LogP contribution in [0.3, 0.4) is 0 Å². The molecule has 1 saturated heterocycles. The molecule has 0 radical (unpaired) electrons. The number of carbonyl (C=O) groups excluding carboxylic acids is 4. The molecule has 1 N–H and O–H groups in total.